The average molecular weight is 347 g/mol. The third-order valence-corrected chi connectivity index (χ3v) is 5.37. The van der Waals surface area contributed by atoms with Crippen molar-refractivity contribution in [1.29, 1.82) is 5.26 Å². The number of benzene rings is 1. The summed E-state index contributed by atoms with van der Waals surface area (Å²) < 4.78 is 1.82. The second-order valence-electron chi connectivity index (χ2n) is 5.74. The Morgan fingerprint density at radius 1 is 1.28 bits per heavy atom. The van der Waals surface area contributed by atoms with Gasteiger partial charge in [0.2, 0.25) is 0 Å². The van der Waals surface area contributed by atoms with E-state index in [1.54, 1.807) is 18.2 Å². The number of hydrogen-bond donors (Lipinski definition) is 0. The SMILES string of the molecule is Cc1nc(-c2ccccc2)sc1C(=O)/C=C/c1cc(C#N)n(C)c1C. The molecule has 0 aliphatic carbocycles. The first-order chi connectivity index (χ1) is 12.0. The number of ketones is 1. The minimum Gasteiger partial charge on any atom is -0.339 e. The first-order valence-corrected chi connectivity index (χ1v) is 8.64. The highest BCUT2D eigenvalue weighted by Gasteiger charge is 2.14. The van der Waals surface area contributed by atoms with Crippen molar-refractivity contribution >= 4 is 23.2 Å². The Labute approximate surface area is 150 Å². The highest BCUT2D eigenvalue weighted by Crippen LogP contribution is 2.28. The molecule has 0 amide bonds. The summed E-state index contributed by atoms with van der Waals surface area (Å²) in [4.78, 5) is 17.7. The molecule has 124 valence electrons. The molecule has 0 saturated heterocycles. The lowest BCUT2D eigenvalue weighted by Gasteiger charge is -1.97. The van der Waals surface area contributed by atoms with Gasteiger partial charge in [0.25, 0.3) is 0 Å². The molecule has 5 heteroatoms. The van der Waals surface area contributed by atoms with Crippen molar-refractivity contribution in [3.05, 3.63) is 70.0 Å². The number of carbonyl (C=O) groups excluding carboxylic acids is 1. The van der Waals surface area contributed by atoms with Crippen LogP contribution in [0, 0.1) is 25.2 Å². The van der Waals surface area contributed by atoms with Crippen LogP contribution in [-0.2, 0) is 7.05 Å². The van der Waals surface area contributed by atoms with Gasteiger partial charge in [-0.2, -0.15) is 5.26 Å². The van der Waals surface area contributed by atoms with Gasteiger partial charge < -0.3 is 4.57 Å². The predicted molar refractivity (Wildman–Crippen MR) is 101 cm³/mol. The average Bonchev–Trinajstić information content (AvgIpc) is 3.15. The maximum atomic E-state index is 12.6. The van der Waals surface area contributed by atoms with E-state index in [-0.39, 0.29) is 5.78 Å². The summed E-state index contributed by atoms with van der Waals surface area (Å²) in [5.74, 6) is -0.0704. The normalized spacial score (nSPS) is 11.0. The van der Waals surface area contributed by atoms with Crippen LogP contribution < -0.4 is 0 Å². The van der Waals surface area contributed by atoms with E-state index in [1.165, 1.54) is 11.3 Å². The molecule has 0 bridgehead atoms. The van der Waals surface area contributed by atoms with Crippen LogP contribution in [0.3, 0.4) is 0 Å². The minimum absolute atomic E-state index is 0.0704. The standard InChI is InChI=1S/C20H17N3OS/c1-13-19(25-20(22-13)15-7-5-4-6-8-15)18(24)10-9-16-11-17(12-21)23(3)14(16)2/h4-11H,1-3H3/b10-9+. The number of allylic oxidation sites excluding steroid dienone is 1. The van der Waals surface area contributed by atoms with Crippen LogP contribution in [-0.4, -0.2) is 15.3 Å². The van der Waals surface area contributed by atoms with E-state index in [1.807, 2.05) is 55.8 Å². The van der Waals surface area contributed by atoms with Gasteiger partial charge in [-0.15, -0.1) is 11.3 Å². The Kier molecular flexibility index (Phi) is 4.64. The highest BCUT2D eigenvalue weighted by atomic mass is 32.1. The zero-order valence-corrected chi connectivity index (χ0v) is 15.1. The number of nitrogens with zero attached hydrogens (tertiary/aromatic N) is 3. The highest BCUT2D eigenvalue weighted by molar-refractivity contribution is 7.17. The van der Waals surface area contributed by atoms with E-state index in [0.717, 1.165) is 27.5 Å². The van der Waals surface area contributed by atoms with Gasteiger partial charge in [-0.3, -0.25) is 4.79 Å². The number of carbonyl (C=O) groups is 1. The topological polar surface area (TPSA) is 58.7 Å². The first kappa shape index (κ1) is 16.9. The van der Waals surface area contributed by atoms with Crippen molar-refractivity contribution in [2.45, 2.75) is 13.8 Å². The molecular formula is C20H17N3OS. The van der Waals surface area contributed by atoms with E-state index in [4.69, 9.17) is 5.26 Å². The molecule has 0 aliphatic rings. The molecule has 1 aromatic carbocycles. The van der Waals surface area contributed by atoms with Gasteiger partial charge in [0.1, 0.15) is 16.8 Å². The minimum atomic E-state index is -0.0704. The molecule has 4 nitrogen and oxygen atoms in total. The smallest absolute Gasteiger partial charge is 0.197 e. The van der Waals surface area contributed by atoms with Crippen LogP contribution in [0.1, 0.15) is 32.3 Å². The molecule has 25 heavy (non-hydrogen) atoms. The maximum Gasteiger partial charge on any atom is 0.197 e. The molecule has 0 unspecified atom stereocenters. The molecule has 0 saturated carbocycles. The largest absolute Gasteiger partial charge is 0.339 e. The van der Waals surface area contributed by atoms with Gasteiger partial charge >= 0.3 is 0 Å². The van der Waals surface area contributed by atoms with E-state index >= 15 is 0 Å². The Hall–Kier alpha value is -2.97. The van der Waals surface area contributed by atoms with Crippen LogP contribution >= 0.6 is 11.3 Å². The predicted octanol–water partition coefficient (Wildman–Crippen LogP) is 4.53. The van der Waals surface area contributed by atoms with Crippen molar-refractivity contribution in [2.24, 2.45) is 7.05 Å². The zero-order valence-electron chi connectivity index (χ0n) is 14.3. The molecule has 2 aromatic heterocycles. The maximum absolute atomic E-state index is 12.6. The zero-order chi connectivity index (χ0) is 18.0. The third-order valence-electron chi connectivity index (χ3n) is 4.14. The molecule has 0 aliphatic heterocycles. The summed E-state index contributed by atoms with van der Waals surface area (Å²) in [5.41, 5.74) is 4.14. The van der Waals surface area contributed by atoms with Crippen LogP contribution in [0.25, 0.3) is 16.6 Å². The molecule has 3 aromatic rings. The second kappa shape index (κ2) is 6.88. The van der Waals surface area contributed by atoms with Crippen LogP contribution in [0.2, 0.25) is 0 Å². The van der Waals surface area contributed by atoms with Crippen molar-refractivity contribution in [2.75, 3.05) is 0 Å². The van der Waals surface area contributed by atoms with E-state index < -0.39 is 0 Å². The number of aryl methyl sites for hydroxylation is 1. The van der Waals surface area contributed by atoms with Gasteiger partial charge in [0.05, 0.1) is 10.6 Å². The molecule has 3 rings (SSSR count). The fourth-order valence-corrected chi connectivity index (χ4v) is 3.56. The Morgan fingerprint density at radius 2 is 2.00 bits per heavy atom. The monoisotopic (exact) mass is 347 g/mol. The summed E-state index contributed by atoms with van der Waals surface area (Å²) in [6.07, 6.45) is 3.32. The van der Waals surface area contributed by atoms with E-state index in [2.05, 4.69) is 11.1 Å². The fraction of sp³-hybridized carbons (Fsp3) is 0.150. The lowest BCUT2D eigenvalue weighted by Crippen LogP contribution is -1.94. The molecule has 2 heterocycles. The van der Waals surface area contributed by atoms with Gasteiger partial charge in [-0.25, -0.2) is 4.98 Å². The number of aromatic nitrogens is 2. The fourth-order valence-electron chi connectivity index (χ4n) is 2.57. The first-order valence-electron chi connectivity index (χ1n) is 7.83. The molecular weight excluding hydrogens is 330 g/mol. The molecule has 0 fully saturated rings. The van der Waals surface area contributed by atoms with Crippen molar-refractivity contribution in [3.8, 4) is 16.6 Å². The number of rotatable bonds is 4. The number of nitriles is 1. The summed E-state index contributed by atoms with van der Waals surface area (Å²) in [6, 6.07) is 13.8. The van der Waals surface area contributed by atoms with Crippen molar-refractivity contribution in [1.82, 2.24) is 9.55 Å². The van der Waals surface area contributed by atoms with Crippen molar-refractivity contribution in [3.63, 3.8) is 0 Å². The summed E-state index contributed by atoms with van der Waals surface area (Å²) in [7, 11) is 1.84. The summed E-state index contributed by atoms with van der Waals surface area (Å²) in [6.45, 7) is 3.78. The number of thiazole rings is 1. The third kappa shape index (κ3) is 3.30. The Balaban J connectivity index is 1.87. The summed E-state index contributed by atoms with van der Waals surface area (Å²) in [5, 5.41) is 9.94. The Bertz CT molecular complexity index is 1000. The van der Waals surface area contributed by atoms with Gasteiger partial charge in [-0.05, 0) is 37.6 Å². The van der Waals surface area contributed by atoms with Crippen LogP contribution in [0.5, 0.6) is 0 Å². The summed E-state index contributed by atoms with van der Waals surface area (Å²) >= 11 is 1.40. The van der Waals surface area contributed by atoms with E-state index in [9.17, 15) is 4.79 Å². The molecule has 0 atom stereocenters. The lowest BCUT2D eigenvalue weighted by molar-refractivity contribution is 0.105. The molecule has 0 spiro atoms. The van der Waals surface area contributed by atoms with Gasteiger partial charge in [0.15, 0.2) is 5.78 Å². The number of hydrogen-bond acceptors (Lipinski definition) is 4. The Morgan fingerprint density at radius 3 is 2.64 bits per heavy atom. The van der Waals surface area contributed by atoms with Crippen LogP contribution in [0.15, 0.2) is 42.5 Å². The van der Waals surface area contributed by atoms with E-state index in [0.29, 0.717) is 10.6 Å². The molecule has 0 radical (unpaired) electrons. The second-order valence-corrected chi connectivity index (χ2v) is 6.74. The lowest BCUT2D eigenvalue weighted by atomic mass is 10.2. The van der Waals surface area contributed by atoms with Gasteiger partial charge in [0, 0.05) is 18.3 Å². The van der Waals surface area contributed by atoms with Crippen LogP contribution in [0.4, 0.5) is 0 Å². The van der Waals surface area contributed by atoms with Gasteiger partial charge in [-0.1, -0.05) is 30.3 Å². The quantitative estimate of drug-likeness (QED) is 0.514. The molecule has 0 N–H and O–H groups in total. The van der Waals surface area contributed by atoms with Crippen molar-refractivity contribution < 1.29 is 4.79 Å².